The van der Waals surface area contributed by atoms with Crippen molar-refractivity contribution in [1.29, 1.82) is 0 Å². The average Bonchev–Trinajstić information content (AvgIpc) is 0. The third-order valence-electron chi connectivity index (χ3n) is 0. The fourth-order valence-corrected chi connectivity index (χ4v) is 0. The first-order valence-electron chi connectivity index (χ1n) is 0. The van der Waals surface area contributed by atoms with Crippen LogP contribution in [0.1, 0.15) is 0 Å². The summed E-state index contributed by atoms with van der Waals surface area (Å²) >= 11 is 0. The van der Waals surface area contributed by atoms with Crippen LogP contribution < -0.4 is 0 Å². The fourth-order valence-electron chi connectivity index (χ4n) is 0. The Bertz CT molecular complexity index is 11.6. The summed E-state index contributed by atoms with van der Waals surface area (Å²) in [5.74, 6) is 0. The first kappa shape index (κ1) is 40.1. The quantitative estimate of drug-likeness (QED) is 0.405. The van der Waals surface area contributed by atoms with Crippen LogP contribution >= 0.6 is 0 Å². The van der Waals surface area contributed by atoms with Crippen LogP contribution in [0.2, 0.25) is 0 Å². The predicted octanol–water partition coefficient (Wildman–Crippen LogP) is -1.15. The molecule has 0 nitrogen and oxygen atoms in total. The van der Waals surface area contributed by atoms with E-state index >= 15 is 0 Å². The molecule has 0 aromatic carbocycles. The van der Waals surface area contributed by atoms with Crippen molar-refractivity contribution in [3.8, 4) is 0 Å². The van der Waals surface area contributed by atoms with Gasteiger partial charge in [-0.2, -0.15) is 0 Å². The molecular formula is CoLiMgNaNi. The van der Waals surface area contributed by atoms with Crippen LogP contribution in [0.3, 0.4) is 0 Å². The van der Waals surface area contributed by atoms with Gasteiger partial charge in [-0.3, -0.25) is 0 Å². The molecule has 5 radical (unpaired) electrons. The topological polar surface area (TPSA) is 0 Å². The molecule has 0 spiro atoms. The number of hydrogen-bond donors (Lipinski definition) is 0. The molecule has 0 N–H and O–H groups in total. The molecule has 0 saturated heterocycles. The second kappa shape index (κ2) is 26.4. The Hall–Kier alpha value is 3.36. The van der Waals surface area contributed by atoms with E-state index in [2.05, 4.69) is 0 Å². The first-order valence-corrected chi connectivity index (χ1v) is 0. The normalized spacial score (nSPS) is 0. The molecule has 0 saturated carbocycles. The summed E-state index contributed by atoms with van der Waals surface area (Å²) in [6, 6.07) is 0. The van der Waals surface area contributed by atoms with Crippen molar-refractivity contribution in [2.24, 2.45) is 0 Å². The van der Waals surface area contributed by atoms with Gasteiger partial charge in [0.2, 0.25) is 0 Å². The Kier molecular flexibility index (Phi) is 211. The van der Waals surface area contributed by atoms with Crippen LogP contribution in [0, 0.1) is 0 Å². The number of rotatable bonds is 0. The molecule has 0 aromatic rings. The second-order valence-electron chi connectivity index (χ2n) is 0. The van der Waals surface area contributed by atoms with E-state index in [9.17, 15) is 0 Å². The SMILES string of the molecule is [Co].[Li].[Mg].[Na].[Ni]. The summed E-state index contributed by atoms with van der Waals surface area (Å²) in [6.45, 7) is 0. The summed E-state index contributed by atoms with van der Waals surface area (Å²) in [5.41, 5.74) is 0. The van der Waals surface area contributed by atoms with Crippen molar-refractivity contribution in [3.05, 3.63) is 0 Å². The minimum atomic E-state index is 0. The van der Waals surface area contributed by atoms with Crippen LogP contribution in [0.25, 0.3) is 0 Å². The molecule has 0 aliphatic heterocycles. The molecule has 23 valence electrons. The van der Waals surface area contributed by atoms with Gasteiger partial charge in [0, 0.05) is 105 Å². The molecule has 0 aromatic heterocycles. The third kappa shape index (κ3) is 18.7. The largest absolute Gasteiger partial charge is 0 e. The summed E-state index contributed by atoms with van der Waals surface area (Å²) in [6.07, 6.45) is 0. The summed E-state index contributed by atoms with van der Waals surface area (Å²) in [7, 11) is 0. The van der Waals surface area contributed by atoms with Gasteiger partial charge in [0.1, 0.15) is 0 Å². The van der Waals surface area contributed by atoms with Crippen LogP contribution in [0.15, 0.2) is 0 Å². The van der Waals surface area contributed by atoms with Crippen molar-refractivity contribution >= 4 is 71.5 Å². The van der Waals surface area contributed by atoms with Crippen molar-refractivity contribution in [1.82, 2.24) is 0 Å². The van der Waals surface area contributed by atoms with E-state index in [0.29, 0.717) is 0 Å². The van der Waals surface area contributed by atoms with E-state index in [1.54, 1.807) is 0 Å². The van der Waals surface area contributed by atoms with Gasteiger partial charge in [0.05, 0.1) is 0 Å². The Balaban J connectivity index is 0. The monoisotopic (exact) mass is 171 g/mol. The molecule has 0 amide bonds. The number of hydrogen-bond acceptors (Lipinski definition) is 0. The maximum absolute atomic E-state index is 0. The van der Waals surface area contributed by atoms with E-state index in [4.69, 9.17) is 0 Å². The molecule has 0 atom stereocenters. The van der Waals surface area contributed by atoms with E-state index in [0.717, 1.165) is 0 Å². The molecule has 0 fully saturated rings. The van der Waals surface area contributed by atoms with Gasteiger partial charge >= 0.3 is 0 Å². The molecular weight excluding hydrogens is 172 g/mol. The Morgan fingerprint density at radius 2 is 1.00 bits per heavy atom. The zero-order valence-electron chi connectivity index (χ0n) is 3.36. The zero-order valence-corrected chi connectivity index (χ0v) is 8.80. The predicted molar refractivity (Wildman–Crippen MR) is 17.3 cm³/mol. The van der Waals surface area contributed by atoms with Gasteiger partial charge in [0.25, 0.3) is 0 Å². The molecule has 0 aliphatic rings. The summed E-state index contributed by atoms with van der Waals surface area (Å²) < 4.78 is 0. The minimum Gasteiger partial charge on any atom is 0 e. The molecule has 0 heterocycles. The van der Waals surface area contributed by atoms with E-state index in [1.165, 1.54) is 0 Å². The van der Waals surface area contributed by atoms with Gasteiger partial charge in [-0.15, -0.1) is 0 Å². The standard InChI is InChI=1S/Co.Li.Mg.Na.Ni. The summed E-state index contributed by atoms with van der Waals surface area (Å²) in [4.78, 5) is 0. The van der Waals surface area contributed by atoms with Crippen molar-refractivity contribution < 1.29 is 33.3 Å². The Labute approximate surface area is 103 Å². The van der Waals surface area contributed by atoms with E-state index < -0.39 is 0 Å². The van der Waals surface area contributed by atoms with Crippen LogP contribution in [0.4, 0.5) is 0 Å². The fraction of sp³-hybridized carbons (Fsp3) is 0. The summed E-state index contributed by atoms with van der Waals surface area (Å²) in [5, 5.41) is 0. The minimum absolute atomic E-state index is 0. The van der Waals surface area contributed by atoms with Gasteiger partial charge in [0.15, 0.2) is 0 Å². The van der Waals surface area contributed by atoms with Gasteiger partial charge in [-0.05, 0) is 0 Å². The zero-order chi connectivity index (χ0) is 0. The van der Waals surface area contributed by atoms with Gasteiger partial charge < -0.3 is 0 Å². The van der Waals surface area contributed by atoms with Gasteiger partial charge in [-0.25, -0.2) is 0 Å². The molecule has 5 heavy (non-hydrogen) atoms. The maximum atomic E-state index is 0. The second-order valence-corrected chi connectivity index (χ2v) is 0. The maximum Gasteiger partial charge on any atom is 0 e. The van der Waals surface area contributed by atoms with Crippen LogP contribution in [-0.4, -0.2) is 71.5 Å². The molecule has 0 aliphatic carbocycles. The van der Waals surface area contributed by atoms with E-state index in [1.807, 2.05) is 0 Å². The Morgan fingerprint density at radius 3 is 1.00 bits per heavy atom. The van der Waals surface area contributed by atoms with E-state index in [-0.39, 0.29) is 105 Å². The van der Waals surface area contributed by atoms with Crippen molar-refractivity contribution in [3.63, 3.8) is 0 Å². The molecule has 0 unspecified atom stereocenters. The Morgan fingerprint density at radius 1 is 1.00 bits per heavy atom. The van der Waals surface area contributed by atoms with Gasteiger partial charge in [-0.1, -0.05) is 0 Å². The van der Waals surface area contributed by atoms with Crippen LogP contribution in [-0.2, 0) is 33.3 Å². The first-order chi connectivity index (χ1) is 0. The third-order valence-corrected chi connectivity index (χ3v) is 0. The smallest absolute Gasteiger partial charge is 0 e. The van der Waals surface area contributed by atoms with Crippen molar-refractivity contribution in [2.75, 3.05) is 0 Å². The van der Waals surface area contributed by atoms with Crippen molar-refractivity contribution in [2.45, 2.75) is 0 Å². The molecule has 0 bridgehead atoms. The molecule has 5 heteroatoms. The molecule has 0 rings (SSSR count). The van der Waals surface area contributed by atoms with Crippen LogP contribution in [0.5, 0.6) is 0 Å². The average molecular weight is 172 g/mol.